The van der Waals surface area contributed by atoms with Gasteiger partial charge in [0.15, 0.2) is 0 Å². The van der Waals surface area contributed by atoms with Crippen LogP contribution in [0.5, 0.6) is 0 Å². The molecule has 0 saturated heterocycles. The fraction of sp³-hybridized carbons (Fsp3) is 0.357. The van der Waals surface area contributed by atoms with Gasteiger partial charge in [-0.3, -0.25) is 0 Å². The molecular weight excluding hydrogens is 309 g/mol. The molecule has 1 heterocycles. The zero-order valence-electron chi connectivity index (χ0n) is 12.6. The summed E-state index contributed by atoms with van der Waals surface area (Å²) in [5.74, 6) is 0.197. The number of nitrogen functional groups attached to an aromatic ring is 2. The quantitative estimate of drug-likeness (QED) is 0.797. The largest absolute Gasteiger partial charge is 0.416 e. The van der Waals surface area contributed by atoms with Gasteiger partial charge in [0.05, 0.1) is 5.56 Å². The van der Waals surface area contributed by atoms with Crippen molar-refractivity contribution in [3.8, 4) is 0 Å². The maximum atomic E-state index is 12.6. The van der Waals surface area contributed by atoms with Gasteiger partial charge in [-0.2, -0.15) is 28.1 Å². The first-order valence-electron chi connectivity index (χ1n) is 6.76. The van der Waals surface area contributed by atoms with Crippen LogP contribution in [0.4, 0.5) is 31.0 Å². The van der Waals surface area contributed by atoms with E-state index < -0.39 is 17.3 Å². The van der Waals surface area contributed by atoms with Gasteiger partial charge < -0.3 is 16.8 Å². The number of nitrogens with two attached hydrogens (primary N) is 2. The molecule has 0 bridgehead atoms. The second kappa shape index (κ2) is 5.90. The lowest BCUT2D eigenvalue weighted by molar-refractivity contribution is -0.137. The molecule has 9 heteroatoms. The van der Waals surface area contributed by atoms with Crippen LogP contribution in [-0.2, 0) is 12.6 Å². The highest BCUT2D eigenvalue weighted by atomic mass is 19.4. The van der Waals surface area contributed by atoms with Crippen LogP contribution in [0.15, 0.2) is 24.3 Å². The minimum atomic E-state index is -4.34. The fourth-order valence-corrected chi connectivity index (χ4v) is 2.13. The Labute approximate surface area is 131 Å². The van der Waals surface area contributed by atoms with Gasteiger partial charge in [-0.1, -0.05) is 12.1 Å². The number of rotatable bonds is 4. The third kappa shape index (κ3) is 4.70. The Hall–Kier alpha value is -2.58. The molecule has 0 radical (unpaired) electrons. The summed E-state index contributed by atoms with van der Waals surface area (Å²) in [5, 5.41) is 3.05. The van der Waals surface area contributed by atoms with E-state index >= 15 is 0 Å². The average Bonchev–Trinajstić information content (AvgIpc) is 2.35. The molecule has 0 saturated carbocycles. The van der Waals surface area contributed by atoms with E-state index in [1.54, 1.807) is 0 Å². The van der Waals surface area contributed by atoms with Crippen molar-refractivity contribution in [3.63, 3.8) is 0 Å². The molecule has 1 aromatic heterocycles. The predicted molar refractivity (Wildman–Crippen MR) is 81.5 cm³/mol. The Kier molecular flexibility index (Phi) is 4.31. The van der Waals surface area contributed by atoms with Crippen molar-refractivity contribution >= 4 is 17.8 Å². The van der Waals surface area contributed by atoms with E-state index in [9.17, 15) is 13.2 Å². The summed E-state index contributed by atoms with van der Waals surface area (Å²) in [6.45, 7) is 3.72. The zero-order valence-corrected chi connectivity index (χ0v) is 12.6. The lowest BCUT2D eigenvalue weighted by atomic mass is 9.94. The van der Waals surface area contributed by atoms with E-state index in [4.69, 9.17) is 11.5 Å². The lowest BCUT2D eigenvalue weighted by Gasteiger charge is -2.26. The number of hydrogen-bond donors (Lipinski definition) is 3. The van der Waals surface area contributed by atoms with Gasteiger partial charge in [-0.05, 0) is 38.0 Å². The molecule has 0 aliphatic rings. The van der Waals surface area contributed by atoms with Gasteiger partial charge in [-0.25, -0.2) is 0 Å². The molecule has 2 rings (SSSR count). The van der Waals surface area contributed by atoms with Gasteiger partial charge in [0.1, 0.15) is 0 Å². The Bertz CT molecular complexity index is 662. The molecular formula is C14H17F3N6. The van der Waals surface area contributed by atoms with E-state index in [-0.39, 0.29) is 17.8 Å². The molecule has 0 unspecified atom stereocenters. The topological polar surface area (TPSA) is 103 Å². The van der Waals surface area contributed by atoms with Crippen LogP contribution in [0.25, 0.3) is 0 Å². The maximum absolute atomic E-state index is 12.6. The molecule has 0 aliphatic carbocycles. The van der Waals surface area contributed by atoms with Crippen molar-refractivity contribution < 1.29 is 13.2 Å². The predicted octanol–water partition coefficient (Wildman–Crippen LogP) is 2.49. The van der Waals surface area contributed by atoms with Gasteiger partial charge >= 0.3 is 6.18 Å². The van der Waals surface area contributed by atoms with Crippen LogP contribution in [0.2, 0.25) is 0 Å². The number of hydrogen-bond acceptors (Lipinski definition) is 6. The van der Waals surface area contributed by atoms with Crippen molar-refractivity contribution in [2.24, 2.45) is 0 Å². The molecule has 5 N–H and O–H groups in total. The van der Waals surface area contributed by atoms with E-state index in [1.165, 1.54) is 12.1 Å². The molecule has 0 atom stereocenters. The summed E-state index contributed by atoms with van der Waals surface area (Å²) in [4.78, 5) is 11.5. The molecule has 6 nitrogen and oxygen atoms in total. The second-order valence-electron chi connectivity index (χ2n) is 5.76. The third-order valence-corrected chi connectivity index (χ3v) is 3.05. The smallest absolute Gasteiger partial charge is 0.368 e. The van der Waals surface area contributed by atoms with Gasteiger partial charge in [-0.15, -0.1) is 0 Å². The van der Waals surface area contributed by atoms with E-state index in [0.717, 1.165) is 17.7 Å². The molecule has 1 aromatic carbocycles. The van der Waals surface area contributed by atoms with E-state index in [2.05, 4.69) is 20.3 Å². The molecule has 0 amide bonds. The third-order valence-electron chi connectivity index (χ3n) is 3.05. The number of aromatic nitrogens is 3. The number of nitrogens with one attached hydrogen (secondary N) is 1. The number of halogens is 3. The molecule has 124 valence electrons. The lowest BCUT2D eigenvalue weighted by Crippen LogP contribution is -2.34. The van der Waals surface area contributed by atoms with Gasteiger partial charge in [0, 0.05) is 5.54 Å². The fourth-order valence-electron chi connectivity index (χ4n) is 2.13. The highest BCUT2D eigenvalue weighted by Gasteiger charge is 2.30. The number of nitrogens with zero attached hydrogens (tertiary/aromatic N) is 3. The molecule has 0 spiro atoms. The minimum Gasteiger partial charge on any atom is -0.368 e. The summed E-state index contributed by atoms with van der Waals surface area (Å²) in [5.41, 5.74) is 10.5. The second-order valence-corrected chi connectivity index (χ2v) is 5.76. The first kappa shape index (κ1) is 16.8. The van der Waals surface area contributed by atoms with E-state index in [0.29, 0.717) is 6.42 Å². The summed E-state index contributed by atoms with van der Waals surface area (Å²) >= 11 is 0. The number of anilines is 3. The number of alkyl halides is 3. The summed E-state index contributed by atoms with van der Waals surface area (Å²) in [6, 6.07) is 5.01. The van der Waals surface area contributed by atoms with Crippen molar-refractivity contribution in [3.05, 3.63) is 35.4 Å². The van der Waals surface area contributed by atoms with Crippen molar-refractivity contribution in [1.82, 2.24) is 15.0 Å². The molecule has 2 aromatic rings. The molecule has 0 fully saturated rings. The highest BCUT2D eigenvalue weighted by Crippen LogP contribution is 2.29. The highest BCUT2D eigenvalue weighted by molar-refractivity contribution is 5.39. The summed E-state index contributed by atoms with van der Waals surface area (Å²) in [7, 11) is 0. The minimum absolute atomic E-state index is 0.00895. The van der Waals surface area contributed by atoms with Crippen molar-refractivity contribution in [2.75, 3.05) is 16.8 Å². The standard InChI is InChI=1S/C14H17F3N6/c1-13(2,23-12-21-10(18)20-11(19)22-12)7-8-3-5-9(6-4-8)14(15,16)17/h3-6H,7H2,1-2H3,(H5,18,19,20,21,22,23). The Balaban J connectivity index is 2.11. The average molecular weight is 326 g/mol. The zero-order chi connectivity index (χ0) is 17.3. The van der Waals surface area contributed by atoms with Crippen molar-refractivity contribution in [1.29, 1.82) is 0 Å². The monoisotopic (exact) mass is 326 g/mol. The summed E-state index contributed by atoms with van der Waals surface area (Å²) < 4.78 is 37.7. The van der Waals surface area contributed by atoms with Gasteiger partial charge in [0.2, 0.25) is 17.8 Å². The Morgan fingerprint density at radius 3 is 1.96 bits per heavy atom. The maximum Gasteiger partial charge on any atom is 0.416 e. The first-order chi connectivity index (χ1) is 10.5. The molecule has 0 aliphatic heterocycles. The van der Waals surface area contributed by atoms with Crippen LogP contribution < -0.4 is 16.8 Å². The van der Waals surface area contributed by atoms with Gasteiger partial charge in [0.25, 0.3) is 0 Å². The van der Waals surface area contributed by atoms with Crippen LogP contribution in [-0.4, -0.2) is 20.5 Å². The van der Waals surface area contributed by atoms with Crippen LogP contribution in [0.1, 0.15) is 25.0 Å². The SMILES string of the molecule is CC(C)(Cc1ccc(C(F)(F)F)cc1)Nc1nc(N)nc(N)n1. The van der Waals surface area contributed by atoms with Crippen LogP contribution in [0, 0.1) is 0 Å². The van der Waals surface area contributed by atoms with Crippen LogP contribution in [0.3, 0.4) is 0 Å². The summed E-state index contributed by atoms with van der Waals surface area (Å²) in [6.07, 6.45) is -3.89. The van der Waals surface area contributed by atoms with Crippen LogP contribution >= 0.6 is 0 Å². The molecule has 23 heavy (non-hydrogen) atoms. The Morgan fingerprint density at radius 2 is 1.48 bits per heavy atom. The van der Waals surface area contributed by atoms with E-state index in [1.807, 2.05) is 13.8 Å². The normalized spacial score (nSPS) is 12.2. The van der Waals surface area contributed by atoms with Crippen molar-refractivity contribution in [2.45, 2.75) is 32.0 Å². The first-order valence-corrected chi connectivity index (χ1v) is 6.76. The Morgan fingerprint density at radius 1 is 0.957 bits per heavy atom. The number of benzene rings is 1.